The molecule has 4 N–H and O–H groups in total. The number of fused-ring (bicyclic) bond motifs is 4. The highest BCUT2D eigenvalue weighted by atomic mass is 35.5. The van der Waals surface area contributed by atoms with Gasteiger partial charge >= 0.3 is 11.9 Å². The lowest BCUT2D eigenvalue weighted by Gasteiger charge is -2.04. The van der Waals surface area contributed by atoms with E-state index in [4.69, 9.17) is 62.4 Å². The fourth-order valence-corrected chi connectivity index (χ4v) is 6.68. The fourth-order valence-electron chi connectivity index (χ4n) is 5.95. The van der Waals surface area contributed by atoms with Crippen LogP contribution in [0.3, 0.4) is 0 Å². The second-order valence-electron chi connectivity index (χ2n) is 13.0. The number of benzene rings is 8. The van der Waals surface area contributed by atoms with Crippen molar-refractivity contribution in [1.29, 1.82) is 0 Å². The van der Waals surface area contributed by atoms with E-state index in [1.165, 1.54) is 28.5 Å². The van der Waals surface area contributed by atoms with Crippen molar-refractivity contribution in [3.63, 3.8) is 0 Å². The van der Waals surface area contributed by atoms with Gasteiger partial charge in [-0.3, -0.25) is 20.2 Å². The molecule has 8 rings (SSSR count). The van der Waals surface area contributed by atoms with Gasteiger partial charge in [0, 0.05) is 43.5 Å². The third kappa shape index (κ3) is 11.1. The van der Waals surface area contributed by atoms with Crippen LogP contribution in [0.25, 0.3) is 43.1 Å². The zero-order chi connectivity index (χ0) is 43.1. The van der Waals surface area contributed by atoms with E-state index < -0.39 is 22.5 Å². The molecule has 0 aliphatic heterocycles. The van der Waals surface area contributed by atoms with Crippen LogP contribution in [0.1, 0.15) is 31.8 Å². The highest BCUT2D eigenvalue weighted by molar-refractivity contribution is 6.32. The molecule has 11 nitrogen and oxygen atoms in total. The van der Waals surface area contributed by atoms with Crippen molar-refractivity contribution in [3.8, 4) is 0 Å². The Bertz CT molecular complexity index is 2920. The molecule has 0 saturated carbocycles. The Kier molecular flexibility index (Phi) is 13.9. The van der Waals surface area contributed by atoms with Crippen molar-refractivity contribution in [1.82, 2.24) is 0 Å². The molecule has 0 fully saturated rings. The molecule has 0 unspecified atom stereocenters. The number of aromatic carboxylic acids is 2. The molecule has 8 aromatic rings. The Morgan fingerprint density at radius 3 is 1.29 bits per heavy atom. The summed E-state index contributed by atoms with van der Waals surface area (Å²) in [4.78, 5) is 42.1. The Labute approximate surface area is 356 Å². The molecule has 0 atom stereocenters. The quantitative estimate of drug-likeness (QED) is 0.0878. The maximum Gasteiger partial charge on any atom is 0.342 e. The summed E-state index contributed by atoms with van der Waals surface area (Å²) in [5, 5.41) is 48.7. The minimum Gasteiger partial charge on any atom is -0.478 e. The standard InChI is InChI=1S/C11H6ClNO4.2C11H8ClNO2.C11H9Cl/c12-8-2-1-6-4-9(11(14)15)10(13(16)17)5-7(6)3-8;1-7-4-8-2-3-10(12)5-9(8)6-11(7)13(14)15;12-8-2-1-6-4-9(11(14)15)10(13)5-7(6)3-8;1-8-2-3-10-7-11(12)5-4-9(10)6-8/h1-5H,(H,14,15);2-6H,1H3;1-5H,13H2,(H,14,15);2-7H,1H3. The summed E-state index contributed by atoms with van der Waals surface area (Å²) in [6.45, 7) is 3.82. The van der Waals surface area contributed by atoms with Gasteiger partial charge in [-0.15, -0.1) is 0 Å². The second-order valence-corrected chi connectivity index (χ2v) is 14.8. The maximum absolute atomic E-state index is 10.9. The largest absolute Gasteiger partial charge is 0.478 e. The number of carboxylic acid groups (broad SMARTS) is 2. The molecule has 0 radical (unpaired) electrons. The van der Waals surface area contributed by atoms with Gasteiger partial charge < -0.3 is 15.9 Å². The van der Waals surface area contributed by atoms with Crippen molar-refractivity contribution in [2.45, 2.75) is 13.8 Å². The zero-order valence-corrected chi connectivity index (χ0v) is 34.0. The monoisotopic (exact) mass is 869 g/mol. The Morgan fingerprint density at radius 1 is 0.475 bits per heavy atom. The first-order valence-electron chi connectivity index (χ1n) is 17.2. The van der Waals surface area contributed by atoms with E-state index in [2.05, 4.69) is 25.1 Å². The van der Waals surface area contributed by atoms with Crippen LogP contribution in [0, 0.1) is 34.1 Å². The van der Waals surface area contributed by atoms with Gasteiger partial charge in [0.05, 0.1) is 15.4 Å². The predicted molar refractivity (Wildman–Crippen MR) is 237 cm³/mol. The van der Waals surface area contributed by atoms with Crippen LogP contribution in [0.4, 0.5) is 17.1 Å². The number of carbonyl (C=O) groups is 2. The van der Waals surface area contributed by atoms with Crippen LogP contribution in [0.15, 0.2) is 127 Å². The summed E-state index contributed by atoms with van der Waals surface area (Å²) in [7, 11) is 0. The van der Waals surface area contributed by atoms with Crippen molar-refractivity contribution < 1.29 is 29.6 Å². The van der Waals surface area contributed by atoms with Gasteiger partial charge in [-0.1, -0.05) is 94.4 Å². The van der Waals surface area contributed by atoms with Crippen LogP contribution >= 0.6 is 46.4 Å². The van der Waals surface area contributed by atoms with Crippen LogP contribution in [0.5, 0.6) is 0 Å². The minimum absolute atomic E-state index is 0.116. The highest BCUT2D eigenvalue weighted by Crippen LogP contribution is 2.30. The number of halogens is 4. The predicted octanol–water partition coefficient (Wildman–Crippen LogP) is 13.4. The number of nitrogen functional groups attached to an aromatic ring is 1. The van der Waals surface area contributed by atoms with Gasteiger partial charge in [-0.2, -0.15) is 0 Å². The molecule has 0 saturated heterocycles. The zero-order valence-electron chi connectivity index (χ0n) is 31.0. The van der Waals surface area contributed by atoms with E-state index in [9.17, 15) is 29.8 Å². The molecule has 59 heavy (non-hydrogen) atoms. The Balaban J connectivity index is 0.000000150. The lowest BCUT2D eigenvalue weighted by Crippen LogP contribution is -2.02. The van der Waals surface area contributed by atoms with Crippen molar-refractivity contribution >= 4 is 118 Å². The van der Waals surface area contributed by atoms with Gasteiger partial charge in [-0.05, 0) is 130 Å². The highest BCUT2D eigenvalue weighted by Gasteiger charge is 2.20. The summed E-state index contributed by atoms with van der Waals surface area (Å²) >= 11 is 23.3. The molecule has 15 heteroatoms. The van der Waals surface area contributed by atoms with Gasteiger partial charge in [0.2, 0.25) is 0 Å². The van der Waals surface area contributed by atoms with Gasteiger partial charge in [0.15, 0.2) is 0 Å². The number of hydrogen-bond acceptors (Lipinski definition) is 7. The van der Waals surface area contributed by atoms with Crippen molar-refractivity contribution in [3.05, 3.63) is 190 Å². The topological polar surface area (TPSA) is 187 Å². The van der Waals surface area contributed by atoms with E-state index in [1.807, 2.05) is 24.3 Å². The van der Waals surface area contributed by atoms with Crippen LogP contribution in [-0.4, -0.2) is 32.0 Å². The number of carboxylic acids is 2. The van der Waals surface area contributed by atoms with E-state index in [0.29, 0.717) is 31.4 Å². The van der Waals surface area contributed by atoms with Crippen molar-refractivity contribution in [2.24, 2.45) is 0 Å². The van der Waals surface area contributed by atoms with E-state index >= 15 is 0 Å². The number of aryl methyl sites for hydroxylation is 2. The summed E-state index contributed by atoms with van der Waals surface area (Å²) in [6, 6.07) is 36.6. The average molecular weight is 872 g/mol. The third-order valence-corrected chi connectivity index (χ3v) is 9.76. The number of nitro benzene ring substituents is 2. The molecular weight excluding hydrogens is 840 g/mol. The average Bonchev–Trinajstić information content (AvgIpc) is 3.17. The Morgan fingerprint density at radius 2 is 0.831 bits per heavy atom. The number of nitro groups is 2. The summed E-state index contributed by atoms with van der Waals surface area (Å²) in [6.07, 6.45) is 0. The molecule has 0 aliphatic carbocycles. The molecule has 0 amide bonds. The minimum atomic E-state index is -1.33. The molecule has 0 heterocycles. The van der Waals surface area contributed by atoms with Crippen LogP contribution in [-0.2, 0) is 0 Å². The van der Waals surface area contributed by atoms with Gasteiger partial charge in [0.25, 0.3) is 11.4 Å². The number of rotatable bonds is 4. The normalized spacial score (nSPS) is 10.5. The molecular formula is C44H31Cl4N3O8. The first-order valence-corrected chi connectivity index (χ1v) is 18.7. The second kappa shape index (κ2) is 18.8. The number of anilines is 1. The molecule has 0 aromatic heterocycles. The van der Waals surface area contributed by atoms with Crippen LogP contribution in [0.2, 0.25) is 20.1 Å². The van der Waals surface area contributed by atoms with E-state index in [-0.39, 0.29) is 27.4 Å². The maximum atomic E-state index is 10.9. The first kappa shape index (κ1) is 43.6. The van der Waals surface area contributed by atoms with Crippen LogP contribution < -0.4 is 5.73 Å². The van der Waals surface area contributed by atoms with E-state index in [1.54, 1.807) is 79.7 Å². The molecule has 298 valence electrons. The third-order valence-electron chi connectivity index (χ3n) is 8.82. The SMILES string of the molecule is Cc1cc2ccc(Cl)cc2cc1[N+](=O)[O-].Cc1ccc2cc(Cl)ccc2c1.Nc1cc2cc(Cl)ccc2cc1C(=O)O.O=C(O)c1cc2ccc(Cl)cc2cc1[N+](=O)[O-]. The lowest BCUT2D eigenvalue weighted by molar-refractivity contribution is -0.385. The molecule has 0 bridgehead atoms. The van der Waals surface area contributed by atoms with E-state index in [0.717, 1.165) is 26.6 Å². The summed E-state index contributed by atoms with van der Waals surface area (Å²) in [5.41, 5.74) is 7.28. The summed E-state index contributed by atoms with van der Waals surface area (Å²) in [5.74, 6) is -2.35. The fraction of sp³-hybridized carbons (Fsp3) is 0.0455. The molecule has 0 aliphatic rings. The first-order chi connectivity index (χ1) is 27.9. The van der Waals surface area contributed by atoms with Gasteiger partial charge in [0.1, 0.15) is 5.56 Å². The van der Waals surface area contributed by atoms with Crippen molar-refractivity contribution in [2.75, 3.05) is 5.73 Å². The lowest BCUT2D eigenvalue weighted by atomic mass is 10.1. The number of nitrogens with zero attached hydrogens (tertiary/aromatic N) is 2. The Hall–Kier alpha value is -6.50. The molecule has 8 aromatic carbocycles. The number of nitrogens with two attached hydrogens (primary N) is 1. The van der Waals surface area contributed by atoms with Gasteiger partial charge in [-0.25, -0.2) is 9.59 Å². The number of hydrogen-bond donors (Lipinski definition) is 3. The smallest absolute Gasteiger partial charge is 0.342 e. The molecule has 0 spiro atoms. The summed E-state index contributed by atoms with van der Waals surface area (Å²) < 4.78 is 0.